The van der Waals surface area contributed by atoms with Gasteiger partial charge in [-0.15, -0.1) is 0 Å². The third-order valence-corrected chi connectivity index (χ3v) is 3.11. The topological polar surface area (TPSA) is 37.3 Å². The van der Waals surface area contributed by atoms with E-state index in [1.54, 1.807) is 6.92 Å². The van der Waals surface area contributed by atoms with Gasteiger partial charge in [0.1, 0.15) is 5.82 Å². The highest BCUT2D eigenvalue weighted by Gasteiger charge is 2.53. The molecule has 0 spiro atoms. The van der Waals surface area contributed by atoms with Crippen LogP contribution in [0.5, 0.6) is 0 Å². The van der Waals surface area contributed by atoms with Crippen molar-refractivity contribution in [3.63, 3.8) is 0 Å². The van der Waals surface area contributed by atoms with Crippen LogP contribution in [0.1, 0.15) is 24.0 Å². The Bertz CT molecular complexity index is 438. The number of rotatable bonds is 2. The first kappa shape index (κ1) is 10.4. The van der Waals surface area contributed by atoms with Crippen LogP contribution in [0, 0.1) is 12.7 Å². The van der Waals surface area contributed by atoms with Crippen LogP contribution in [0.4, 0.5) is 4.39 Å². The molecule has 0 heterocycles. The molecule has 0 aromatic heterocycles. The maximum Gasteiger partial charge on any atom is 0.314 e. The standard InChI is InChI=1S/C11H10ClFO2/c1-6-4-7(12)5-8(9(6)13)11(2-3-11)10(14)15/h4-5H,2-3H2,1H3,(H,14,15). The molecule has 0 radical (unpaired) electrons. The van der Waals surface area contributed by atoms with Gasteiger partial charge in [-0.05, 0) is 37.5 Å². The van der Waals surface area contributed by atoms with Gasteiger partial charge in [-0.2, -0.15) is 0 Å². The van der Waals surface area contributed by atoms with Crippen molar-refractivity contribution in [3.05, 3.63) is 34.1 Å². The number of hydrogen-bond acceptors (Lipinski definition) is 1. The molecule has 1 fully saturated rings. The predicted molar refractivity (Wildman–Crippen MR) is 54.7 cm³/mol. The second-order valence-corrected chi connectivity index (χ2v) is 4.41. The Balaban J connectivity index is 2.58. The number of carbonyl (C=O) groups is 1. The van der Waals surface area contributed by atoms with Crippen molar-refractivity contribution in [1.29, 1.82) is 0 Å². The van der Waals surface area contributed by atoms with Crippen LogP contribution in [-0.2, 0) is 10.2 Å². The van der Waals surface area contributed by atoms with Crippen molar-refractivity contribution >= 4 is 17.6 Å². The molecule has 80 valence electrons. The summed E-state index contributed by atoms with van der Waals surface area (Å²) in [5.41, 5.74) is -0.412. The lowest BCUT2D eigenvalue weighted by atomic mass is 9.94. The van der Waals surface area contributed by atoms with Crippen molar-refractivity contribution in [2.75, 3.05) is 0 Å². The van der Waals surface area contributed by atoms with Gasteiger partial charge in [-0.25, -0.2) is 4.39 Å². The Kier molecular flexibility index (Phi) is 2.23. The van der Waals surface area contributed by atoms with Crippen molar-refractivity contribution < 1.29 is 14.3 Å². The number of carboxylic acids is 1. The van der Waals surface area contributed by atoms with Gasteiger partial charge in [0.15, 0.2) is 0 Å². The van der Waals surface area contributed by atoms with Crippen molar-refractivity contribution in [1.82, 2.24) is 0 Å². The smallest absolute Gasteiger partial charge is 0.314 e. The second-order valence-electron chi connectivity index (χ2n) is 3.97. The molecule has 1 aliphatic rings. The van der Waals surface area contributed by atoms with Gasteiger partial charge in [0, 0.05) is 10.6 Å². The Labute approximate surface area is 91.7 Å². The van der Waals surface area contributed by atoms with Gasteiger partial charge >= 0.3 is 5.97 Å². The van der Waals surface area contributed by atoms with Gasteiger partial charge in [0.25, 0.3) is 0 Å². The van der Waals surface area contributed by atoms with E-state index in [4.69, 9.17) is 16.7 Å². The lowest BCUT2D eigenvalue weighted by Gasteiger charge is -2.13. The largest absolute Gasteiger partial charge is 0.481 e. The fourth-order valence-corrected chi connectivity index (χ4v) is 2.07. The summed E-state index contributed by atoms with van der Waals surface area (Å²) in [7, 11) is 0. The van der Waals surface area contributed by atoms with E-state index >= 15 is 0 Å². The Hall–Kier alpha value is -1.09. The molecule has 0 saturated heterocycles. The van der Waals surface area contributed by atoms with Crippen molar-refractivity contribution in [2.45, 2.75) is 25.2 Å². The van der Waals surface area contributed by atoms with Gasteiger partial charge in [-0.1, -0.05) is 11.6 Å². The van der Waals surface area contributed by atoms with Crippen LogP contribution in [0.15, 0.2) is 12.1 Å². The summed E-state index contributed by atoms with van der Waals surface area (Å²) in [6.07, 6.45) is 0.970. The summed E-state index contributed by atoms with van der Waals surface area (Å²) in [4.78, 5) is 11.0. The normalized spacial score (nSPS) is 17.5. The predicted octanol–water partition coefficient (Wildman–Crippen LogP) is 2.90. The summed E-state index contributed by atoms with van der Waals surface area (Å²) >= 11 is 5.80. The zero-order valence-corrected chi connectivity index (χ0v) is 8.94. The molecule has 0 amide bonds. The van der Waals surface area contributed by atoms with Gasteiger partial charge in [0.2, 0.25) is 0 Å². The number of hydrogen-bond donors (Lipinski definition) is 1. The Morgan fingerprint density at radius 3 is 2.60 bits per heavy atom. The van der Waals surface area contributed by atoms with Gasteiger partial charge in [0.05, 0.1) is 5.41 Å². The van der Waals surface area contributed by atoms with E-state index in [9.17, 15) is 9.18 Å². The number of carboxylic acid groups (broad SMARTS) is 1. The van der Waals surface area contributed by atoms with Gasteiger partial charge < -0.3 is 5.11 Å². The number of aliphatic carboxylic acids is 1. The number of benzene rings is 1. The lowest BCUT2D eigenvalue weighted by molar-refractivity contribution is -0.140. The minimum absolute atomic E-state index is 0.222. The van der Waals surface area contributed by atoms with E-state index in [0.29, 0.717) is 23.4 Å². The van der Waals surface area contributed by atoms with Crippen LogP contribution in [0.25, 0.3) is 0 Å². The molecule has 0 unspecified atom stereocenters. The third-order valence-electron chi connectivity index (χ3n) is 2.89. The van der Waals surface area contributed by atoms with E-state index < -0.39 is 17.2 Å². The molecule has 1 saturated carbocycles. The van der Waals surface area contributed by atoms with E-state index in [2.05, 4.69) is 0 Å². The lowest BCUT2D eigenvalue weighted by Crippen LogP contribution is -2.21. The molecule has 1 aromatic rings. The van der Waals surface area contributed by atoms with Crippen LogP contribution in [0.2, 0.25) is 5.02 Å². The quantitative estimate of drug-likeness (QED) is 0.845. The maximum absolute atomic E-state index is 13.8. The van der Waals surface area contributed by atoms with E-state index in [-0.39, 0.29) is 5.56 Å². The highest BCUT2D eigenvalue weighted by Crippen LogP contribution is 2.50. The fraction of sp³-hybridized carbons (Fsp3) is 0.364. The van der Waals surface area contributed by atoms with Crippen molar-refractivity contribution in [3.8, 4) is 0 Å². The van der Waals surface area contributed by atoms with Crippen LogP contribution >= 0.6 is 11.6 Å². The summed E-state index contributed by atoms with van der Waals surface area (Å²) in [6.45, 7) is 1.59. The fourth-order valence-electron chi connectivity index (χ4n) is 1.80. The first-order valence-corrected chi connectivity index (χ1v) is 5.05. The molecule has 0 aliphatic heterocycles. The number of aryl methyl sites for hydroxylation is 1. The monoisotopic (exact) mass is 228 g/mol. The molecular weight excluding hydrogens is 219 g/mol. The maximum atomic E-state index is 13.8. The van der Waals surface area contributed by atoms with Crippen LogP contribution in [-0.4, -0.2) is 11.1 Å². The summed E-state index contributed by atoms with van der Waals surface area (Å²) < 4.78 is 13.8. The molecule has 0 atom stereocenters. The average molecular weight is 229 g/mol. The molecule has 2 rings (SSSR count). The summed E-state index contributed by atoms with van der Waals surface area (Å²) in [5.74, 6) is -1.41. The summed E-state index contributed by atoms with van der Waals surface area (Å²) in [5, 5.41) is 9.44. The zero-order valence-electron chi connectivity index (χ0n) is 8.18. The van der Waals surface area contributed by atoms with Crippen LogP contribution < -0.4 is 0 Å². The zero-order chi connectivity index (χ0) is 11.2. The Morgan fingerprint density at radius 2 is 2.13 bits per heavy atom. The highest BCUT2D eigenvalue weighted by molar-refractivity contribution is 6.30. The molecule has 0 bridgehead atoms. The van der Waals surface area contributed by atoms with Gasteiger partial charge in [-0.3, -0.25) is 4.79 Å². The van der Waals surface area contributed by atoms with Crippen molar-refractivity contribution in [2.24, 2.45) is 0 Å². The molecule has 1 aliphatic carbocycles. The van der Waals surface area contributed by atoms with Crippen LogP contribution in [0.3, 0.4) is 0 Å². The summed E-state index contributed by atoms with van der Waals surface area (Å²) in [6, 6.07) is 2.92. The SMILES string of the molecule is Cc1cc(Cl)cc(C2(C(=O)O)CC2)c1F. The molecule has 4 heteroatoms. The highest BCUT2D eigenvalue weighted by atomic mass is 35.5. The van der Waals surface area contributed by atoms with E-state index in [1.165, 1.54) is 12.1 Å². The second kappa shape index (κ2) is 3.20. The minimum Gasteiger partial charge on any atom is -0.481 e. The molecule has 15 heavy (non-hydrogen) atoms. The molecule has 1 N–H and O–H groups in total. The molecular formula is C11H10ClFO2. The molecule has 2 nitrogen and oxygen atoms in total. The Morgan fingerprint density at radius 1 is 1.53 bits per heavy atom. The minimum atomic E-state index is -1.03. The first-order chi connectivity index (χ1) is 6.97. The number of halogens is 2. The average Bonchev–Trinajstić information content (AvgIpc) is 2.91. The van der Waals surface area contributed by atoms with E-state index in [0.717, 1.165) is 0 Å². The van der Waals surface area contributed by atoms with E-state index in [1.807, 2.05) is 0 Å². The first-order valence-electron chi connectivity index (χ1n) is 4.67. The third kappa shape index (κ3) is 1.51. The molecule has 1 aromatic carbocycles.